The summed E-state index contributed by atoms with van der Waals surface area (Å²) in [6.07, 6.45) is -4.50. The third kappa shape index (κ3) is 2.47. The molecule has 0 bridgehead atoms. The van der Waals surface area contributed by atoms with Crippen LogP contribution in [0.3, 0.4) is 0 Å². The second-order valence-electron chi connectivity index (χ2n) is 2.94. The van der Waals surface area contributed by atoms with Gasteiger partial charge in [0, 0.05) is 5.33 Å². The number of rotatable bonds is 2. The molecule has 0 aliphatic heterocycles. The molecular weight excluding hydrogens is 287 g/mol. The smallest absolute Gasteiger partial charge is 0.416 e. The lowest BCUT2D eigenvalue weighted by Crippen LogP contribution is -2.10. The minimum atomic E-state index is -4.50. The Kier molecular flexibility index (Phi) is 3.81. The van der Waals surface area contributed by atoms with Crippen LogP contribution in [0.4, 0.5) is 13.2 Å². The molecule has 0 spiro atoms. The second-order valence-corrected chi connectivity index (χ2v) is 3.50. The van der Waals surface area contributed by atoms with Crippen LogP contribution in [-0.4, -0.2) is 7.11 Å². The lowest BCUT2D eigenvalue weighted by molar-refractivity contribution is -0.138. The molecular formula is C10H7BrF3NO. The topological polar surface area (TPSA) is 33.0 Å². The average Bonchev–Trinajstić information content (AvgIpc) is 2.25. The van der Waals surface area contributed by atoms with Crippen LogP contribution in [0.2, 0.25) is 0 Å². The van der Waals surface area contributed by atoms with Gasteiger partial charge in [-0.3, -0.25) is 0 Å². The summed E-state index contributed by atoms with van der Waals surface area (Å²) in [7, 11) is 1.25. The Morgan fingerprint density at radius 3 is 2.44 bits per heavy atom. The molecule has 1 aromatic rings. The van der Waals surface area contributed by atoms with Gasteiger partial charge in [0.05, 0.1) is 24.3 Å². The highest BCUT2D eigenvalue weighted by molar-refractivity contribution is 9.08. The summed E-state index contributed by atoms with van der Waals surface area (Å²) in [5.41, 5.74) is -0.959. The zero-order valence-electron chi connectivity index (χ0n) is 8.23. The highest BCUT2D eigenvalue weighted by atomic mass is 79.9. The van der Waals surface area contributed by atoms with Crippen molar-refractivity contribution < 1.29 is 17.9 Å². The second kappa shape index (κ2) is 4.74. The van der Waals surface area contributed by atoms with Gasteiger partial charge in [0.15, 0.2) is 0 Å². The fourth-order valence-corrected chi connectivity index (χ4v) is 1.86. The molecule has 0 amide bonds. The molecule has 0 fully saturated rings. The van der Waals surface area contributed by atoms with Crippen molar-refractivity contribution in [2.24, 2.45) is 0 Å². The van der Waals surface area contributed by atoms with Crippen LogP contribution in [-0.2, 0) is 11.5 Å². The number of nitriles is 1. The SMILES string of the molecule is COc1cc(C#N)c(CBr)c(C(F)(F)F)c1. The van der Waals surface area contributed by atoms with E-state index in [1.165, 1.54) is 13.2 Å². The zero-order chi connectivity index (χ0) is 12.3. The van der Waals surface area contributed by atoms with Gasteiger partial charge in [-0.25, -0.2) is 0 Å². The van der Waals surface area contributed by atoms with Crippen LogP contribution in [0.1, 0.15) is 16.7 Å². The van der Waals surface area contributed by atoms with Crippen LogP contribution in [0.25, 0.3) is 0 Å². The lowest BCUT2D eigenvalue weighted by atomic mass is 10.0. The van der Waals surface area contributed by atoms with Gasteiger partial charge in [0.1, 0.15) is 5.75 Å². The monoisotopic (exact) mass is 293 g/mol. The van der Waals surface area contributed by atoms with E-state index in [4.69, 9.17) is 10.00 Å². The Balaban J connectivity index is 3.51. The van der Waals surface area contributed by atoms with E-state index >= 15 is 0 Å². The Morgan fingerprint density at radius 1 is 1.44 bits per heavy atom. The molecule has 0 N–H and O–H groups in total. The lowest BCUT2D eigenvalue weighted by Gasteiger charge is -2.14. The minimum absolute atomic E-state index is 0.0218. The van der Waals surface area contributed by atoms with Crippen molar-refractivity contribution in [2.75, 3.05) is 7.11 Å². The maximum absolute atomic E-state index is 12.7. The van der Waals surface area contributed by atoms with Gasteiger partial charge >= 0.3 is 6.18 Å². The predicted molar refractivity (Wildman–Crippen MR) is 55.3 cm³/mol. The normalized spacial score (nSPS) is 11.0. The van der Waals surface area contributed by atoms with Crippen LogP contribution < -0.4 is 4.74 Å². The van der Waals surface area contributed by atoms with E-state index in [2.05, 4.69) is 15.9 Å². The van der Waals surface area contributed by atoms with E-state index in [0.29, 0.717) is 0 Å². The van der Waals surface area contributed by atoms with Crippen LogP contribution in [0, 0.1) is 11.3 Å². The van der Waals surface area contributed by atoms with Gasteiger partial charge in [0.25, 0.3) is 0 Å². The van der Waals surface area contributed by atoms with E-state index in [9.17, 15) is 13.2 Å². The summed E-state index contributed by atoms with van der Waals surface area (Å²) in [4.78, 5) is 0. The average molecular weight is 294 g/mol. The first-order valence-electron chi connectivity index (χ1n) is 4.18. The Labute approximate surface area is 98.8 Å². The van der Waals surface area contributed by atoms with E-state index < -0.39 is 11.7 Å². The predicted octanol–water partition coefficient (Wildman–Crippen LogP) is 3.48. The molecule has 0 radical (unpaired) electrons. The van der Waals surface area contributed by atoms with Crippen molar-refractivity contribution in [2.45, 2.75) is 11.5 Å². The highest BCUT2D eigenvalue weighted by Crippen LogP contribution is 2.37. The van der Waals surface area contributed by atoms with Crippen LogP contribution >= 0.6 is 15.9 Å². The third-order valence-corrected chi connectivity index (χ3v) is 2.58. The van der Waals surface area contributed by atoms with Gasteiger partial charge in [-0.05, 0) is 17.7 Å². The maximum atomic E-state index is 12.7. The molecule has 0 heterocycles. The largest absolute Gasteiger partial charge is 0.497 e. The van der Waals surface area contributed by atoms with Gasteiger partial charge < -0.3 is 4.74 Å². The first-order valence-corrected chi connectivity index (χ1v) is 5.30. The molecule has 0 aromatic heterocycles. The summed E-state index contributed by atoms with van der Waals surface area (Å²) in [6, 6.07) is 3.89. The number of ether oxygens (including phenoxy) is 1. The van der Waals surface area contributed by atoms with Crippen molar-refractivity contribution in [3.05, 3.63) is 28.8 Å². The Morgan fingerprint density at radius 2 is 2.06 bits per heavy atom. The number of hydrogen-bond acceptors (Lipinski definition) is 2. The number of hydrogen-bond donors (Lipinski definition) is 0. The van der Waals surface area contributed by atoms with E-state index in [-0.39, 0.29) is 22.2 Å². The first kappa shape index (κ1) is 12.8. The molecule has 6 heteroatoms. The van der Waals surface area contributed by atoms with E-state index in [1.807, 2.05) is 0 Å². The van der Waals surface area contributed by atoms with Crippen molar-refractivity contribution >= 4 is 15.9 Å². The summed E-state index contributed by atoms with van der Waals surface area (Å²) < 4.78 is 42.8. The number of halogens is 4. The molecule has 0 saturated heterocycles. The number of benzene rings is 1. The van der Waals surface area contributed by atoms with Gasteiger partial charge in [-0.1, -0.05) is 15.9 Å². The molecule has 1 aromatic carbocycles. The quantitative estimate of drug-likeness (QED) is 0.782. The van der Waals surface area contributed by atoms with Crippen molar-refractivity contribution in [3.63, 3.8) is 0 Å². The minimum Gasteiger partial charge on any atom is -0.497 e. The molecule has 86 valence electrons. The highest BCUT2D eigenvalue weighted by Gasteiger charge is 2.34. The molecule has 0 saturated carbocycles. The molecule has 0 unspecified atom stereocenters. The van der Waals surface area contributed by atoms with E-state index in [0.717, 1.165) is 6.07 Å². The fourth-order valence-electron chi connectivity index (χ4n) is 1.26. The number of nitrogens with zero attached hydrogens (tertiary/aromatic N) is 1. The molecule has 0 aliphatic carbocycles. The van der Waals surface area contributed by atoms with E-state index in [1.54, 1.807) is 6.07 Å². The zero-order valence-corrected chi connectivity index (χ0v) is 9.82. The first-order chi connectivity index (χ1) is 7.43. The summed E-state index contributed by atoms with van der Waals surface area (Å²) in [5.74, 6) is 0.0218. The van der Waals surface area contributed by atoms with Gasteiger partial charge in [-0.2, -0.15) is 18.4 Å². The molecule has 2 nitrogen and oxygen atoms in total. The Hall–Kier alpha value is -1.22. The number of methoxy groups -OCH3 is 1. The fraction of sp³-hybridized carbons (Fsp3) is 0.300. The van der Waals surface area contributed by atoms with Crippen molar-refractivity contribution in [1.82, 2.24) is 0 Å². The summed E-state index contributed by atoms with van der Waals surface area (Å²) in [5, 5.41) is 8.73. The summed E-state index contributed by atoms with van der Waals surface area (Å²) in [6.45, 7) is 0. The molecule has 0 atom stereocenters. The molecule has 1 rings (SSSR count). The van der Waals surface area contributed by atoms with Crippen LogP contribution in [0.5, 0.6) is 5.75 Å². The van der Waals surface area contributed by atoms with Crippen molar-refractivity contribution in [1.29, 1.82) is 5.26 Å². The standard InChI is InChI=1S/C10H7BrF3NO/c1-16-7-2-6(5-15)8(4-11)9(3-7)10(12,13)14/h2-3H,4H2,1H3. The maximum Gasteiger partial charge on any atom is 0.416 e. The van der Waals surface area contributed by atoms with Crippen LogP contribution in [0.15, 0.2) is 12.1 Å². The third-order valence-electron chi connectivity index (χ3n) is 2.02. The molecule has 16 heavy (non-hydrogen) atoms. The van der Waals surface area contributed by atoms with Gasteiger partial charge in [-0.15, -0.1) is 0 Å². The summed E-state index contributed by atoms with van der Waals surface area (Å²) >= 11 is 2.95. The van der Waals surface area contributed by atoms with Crippen molar-refractivity contribution in [3.8, 4) is 11.8 Å². The number of alkyl halides is 4. The Bertz CT molecular complexity index is 437. The van der Waals surface area contributed by atoms with Gasteiger partial charge in [0.2, 0.25) is 0 Å². The molecule has 0 aliphatic rings.